The van der Waals surface area contributed by atoms with E-state index in [2.05, 4.69) is 10.3 Å². The smallest absolute Gasteiger partial charge is 0.405 e. The molecule has 132 valence electrons. The lowest BCUT2D eigenvalue weighted by Gasteiger charge is -2.39. The summed E-state index contributed by atoms with van der Waals surface area (Å²) in [5.74, 6) is 1.29. The number of ether oxygens (including phenoxy) is 2. The number of rotatable bonds is 4. The first-order valence-corrected chi connectivity index (χ1v) is 8.26. The molecule has 1 aliphatic rings. The lowest BCUT2D eigenvalue weighted by Crippen LogP contribution is -2.43. The quantitative estimate of drug-likeness (QED) is 0.881. The van der Waals surface area contributed by atoms with Gasteiger partial charge in [0.15, 0.2) is 0 Å². The molecule has 0 saturated carbocycles. The molecule has 1 aromatic carbocycles. The number of nitrogens with one attached hydrogen (secondary N) is 1. The van der Waals surface area contributed by atoms with Gasteiger partial charge in [-0.05, 0) is 24.6 Å². The van der Waals surface area contributed by atoms with Crippen molar-refractivity contribution in [2.24, 2.45) is 5.41 Å². The molecule has 1 atom stereocenters. The summed E-state index contributed by atoms with van der Waals surface area (Å²) in [6, 6.07) is 9.26. The summed E-state index contributed by atoms with van der Waals surface area (Å²) >= 11 is 0. The van der Waals surface area contributed by atoms with Gasteiger partial charge in [0.1, 0.15) is 5.75 Å². The molecule has 25 heavy (non-hydrogen) atoms. The topological polar surface area (TPSA) is 80.7 Å². The molecule has 0 bridgehead atoms. The van der Waals surface area contributed by atoms with Gasteiger partial charge < -0.3 is 19.9 Å². The van der Waals surface area contributed by atoms with E-state index in [0.29, 0.717) is 24.8 Å². The minimum atomic E-state index is -1.04. The molecule has 1 aromatic heterocycles. The van der Waals surface area contributed by atoms with E-state index in [0.717, 1.165) is 16.7 Å². The number of benzene rings is 1. The Morgan fingerprint density at radius 1 is 1.36 bits per heavy atom. The van der Waals surface area contributed by atoms with Crippen molar-refractivity contribution in [3.8, 4) is 22.8 Å². The Morgan fingerprint density at radius 2 is 2.12 bits per heavy atom. The van der Waals surface area contributed by atoms with E-state index in [4.69, 9.17) is 14.6 Å². The lowest BCUT2D eigenvalue weighted by molar-refractivity contribution is 0.0996. The van der Waals surface area contributed by atoms with Crippen LogP contribution in [-0.4, -0.2) is 29.4 Å². The van der Waals surface area contributed by atoms with Gasteiger partial charge in [0, 0.05) is 28.8 Å². The molecule has 0 aliphatic carbocycles. The Labute approximate surface area is 146 Å². The van der Waals surface area contributed by atoms with E-state index >= 15 is 0 Å². The zero-order chi connectivity index (χ0) is 18.0. The van der Waals surface area contributed by atoms with Gasteiger partial charge in [-0.25, -0.2) is 9.78 Å². The van der Waals surface area contributed by atoms with Crippen LogP contribution in [0.3, 0.4) is 0 Å². The maximum absolute atomic E-state index is 11.2. The fraction of sp³-hybridized carbons (Fsp3) is 0.368. The van der Waals surface area contributed by atoms with E-state index in [1.54, 1.807) is 6.20 Å². The van der Waals surface area contributed by atoms with E-state index in [1.165, 1.54) is 0 Å². The summed E-state index contributed by atoms with van der Waals surface area (Å²) < 4.78 is 11.3. The second-order valence-electron chi connectivity index (χ2n) is 6.73. The van der Waals surface area contributed by atoms with Crippen molar-refractivity contribution in [1.29, 1.82) is 0 Å². The molecule has 1 aliphatic heterocycles. The second-order valence-corrected chi connectivity index (χ2v) is 6.73. The van der Waals surface area contributed by atoms with Gasteiger partial charge in [0.2, 0.25) is 5.88 Å². The molecule has 0 spiro atoms. The molecule has 0 saturated heterocycles. The summed E-state index contributed by atoms with van der Waals surface area (Å²) in [6.07, 6.45) is 0.720. The van der Waals surface area contributed by atoms with Crippen molar-refractivity contribution < 1.29 is 19.4 Å². The maximum atomic E-state index is 11.2. The molecule has 2 aromatic rings. The molecular weight excluding hydrogens is 320 g/mol. The molecule has 2 N–H and O–H groups in total. The average molecular weight is 342 g/mol. The van der Waals surface area contributed by atoms with Crippen LogP contribution in [0.4, 0.5) is 4.79 Å². The predicted octanol–water partition coefficient (Wildman–Crippen LogP) is 3.87. The summed E-state index contributed by atoms with van der Waals surface area (Å²) in [6.45, 7) is 6.91. The van der Waals surface area contributed by atoms with Crippen molar-refractivity contribution in [3.63, 3.8) is 0 Å². The molecule has 0 radical (unpaired) electrons. The van der Waals surface area contributed by atoms with Crippen LogP contribution in [0.2, 0.25) is 0 Å². The van der Waals surface area contributed by atoms with E-state index < -0.39 is 6.09 Å². The van der Waals surface area contributed by atoms with Gasteiger partial charge in [0.05, 0.1) is 19.3 Å². The van der Waals surface area contributed by atoms with Crippen molar-refractivity contribution in [1.82, 2.24) is 10.3 Å². The third-order valence-electron chi connectivity index (χ3n) is 4.34. The number of nitrogens with zero attached hydrogens (tertiary/aromatic N) is 1. The van der Waals surface area contributed by atoms with Crippen molar-refractivity contribution in [2.75, 3.05) is 13.2 Å². The lowest BCUT2D eigenvalue weighted by atomic mass is 9.78. The highest BCUT2D eigenvalue weighted by Crippen LogP contribution is 2.44. The first-order chi connectivity index (χ1) is 11.9. The number of amides is 1. The highest BCUT2D eigenvalue weighted by Gasteiger charge is 2.38. The molecule has 1 unspecified atom stereocenters. The van der Waals surface area contributed by atoms with E-state index in [9.17, 15) is 4.79 Å². The molecule has 1 amide bonds. The van der Waals surface area contributed by atoms with Crippen LogP contribution in [0.15, 0.2) is 36.5 Å². The minimum absolute atomic E-state index is 0.318. The number of pyridine rings is 1. The third kappa shape index (κ3) is 3.52. The molecule has 6 nitrogen and oxygen atoms in total. The van der Waals surface area contributed by atoms with Crippen LogP contribution in [-0.2, 0) is 0 Å². The fourth-order valence-electron chi connectivity index (χ4n) is 3.03. The summed E-state index contributed by atoms with van der Waals surface area (Å²) in [4.78, 5) is 15.4. The van der Waals surface area contributed by atoms with Crippen LogP contribution in [0.5, 0.6) is 11.6 Å². The standard InChI is InChI=1S/C19H22N2O4/c1-4-24-16-8-6-13(10-20-16)12-5-7-14-15(9-12)25-11-19(2,3)17(14)21-18(22)23/h5-10,17,21H,4,11H2,1-3H3,(H,22,23). The molecular formula is C19H22N2O4. The Bertz CT molecular complexity index is 771. The van der Waals surface area contributed by atoms with E-state index in [-0.39, 0.29) is 11.5 Å². The Hall–Kier alpha value is -2.76. The molecule has 3 rings (SSSR count). The van der Waals surface area contributed by atoms with Crippen LogP contribution in [0.1, 0.15) is 32.4 Å². The number of aromatic nitrogens is 1. The number of carboxylic acid groups (broad SMARTS) is 1. The largest absolute Gasteiger partial charge is 0.493 e. The Kier molecular flexibility index (Phi) is 4.53. The zero-order valence-electron chi connectivity index (χ0n) is 14.6. The SMILES string of the molecule is CCOc1ccc(-c2ccc3c(c2)OCC(C)(C)C3NC(=O)O)cn1. The average Bonchev–Trinajstić information content (AvgIpc) is 2.58. The molecule has 6 heteroatoms. The van der Waals surface area contributed by atoms with Gasteiger partial charge in [-0.3, -0.25) is 0 Å². The van der Waals surface area contributed by atoms with Crippen LogP contribution < -0.4 is 14.8 Å². The Balaban J connectivity index is 1.93. The molecule has 2 heterocycles. The number of hydrogen-bond acceptors (Lipinski definition) is 4. The van der Waals surface area contributed by atoms with Crippen LogP contribution in [0.25, 0.3) is 11.1 Å². The second kappa shape index (κ2) is 6.63. The predicted molar refractivity (Wildman–Crippen MR) is 94.0 cm³/mol. The van der Waals surface area contributed by atoms with Gasteiger partial charge >= 0.3 is 6.09 Å². The van der Waals surface area contributed by atoms with Crippen molar-refractivity contribution in [2.45, 2.75) is 26.8 Å². The summed E-state index contributed by atoms with van der Waals surface area (Å²) in [5, 5.41) is 11.8. The zero-order valence-corrected chi connectivity index (χ0v) is 14.6. The molecule has 0 fully saturated rings. The number of carbonyl (C=O) groups is 1. The monoisotopic (exact) mass is 342 g/mol. The van der Waals surface area contributed by atoms with Gasteiger partial charge in [0.25, 0.3) is 0 Å². The minimum Gasteiger partial charge on any atom is -0.493 e. The van der Waals surface area contributed by atoms with Crippen molar-refractivity contribution >= 4 is 6.09 Å². The number of fused-ring (bicyclic) bond motifs is 1. The normalized spacial score (nSPS) is 18.0. The first-order valence-electron chi connectivity index (χ1n) is 8.26. The highest BCUT2D eigenvalue weighted by molar-refractivity contribution is 5.68. The number of hydrogen-bond donors (Lipinski definition) is 2. The first kappa shape index (κ1) is 17.1. The van der Waals surface area contributed by atoms with Crippen molar-refractivity contribution in [3.05, 3.63) is 42.1 Å². The summed E-state index contributed by atoms with van der Waals surface area (Å²) in [5.41, 5.74) is 2.43. The Morgan fingerprint density at radius 3 is 2.76 bits per heavy atom. The third-order valence-corrected chi connectivity index (χ3v) is 4.34. The van der Waals surface area contributed by atoms with Gasteiger partial charge in [-0.1, -0.05) is 26.0 Å². The fourth-order valence-corrected chi connectivity index (χ4v) is 3.03. The van der Waals surface area contributed by atoms with Crippen LogP contribution >= 0.6 is 0 Å². The highest BCUT2D eigenvalue weighted by atomic mass is 16.5. The van der Waals surface area contributed by atoms with Crippen LogP contribution in [0, 0.1) is 5.41 Å². The maximum Gasteiger partial charge on any atom is 0.405 e. The van der Waals surface area contributed by atoms with Gasteiger partial charge in [-0.2, -0.15) is 0 Å². The summed E-state index contributed by atoms with van der Waals surface area (Å²) in [7, 11) is 0. The van der Waals surface area contributed by atoms with Gasteiger partial charge in [-0.15, -0.1) is 0 Å². The van der Waals surface area contributed by atoms with E-state index in [1.807, 2.05) is 51.1 Å².